The Morgan fingerprint density at radius 1 is 0.930 bits per heavy atom. The van der Waals surface area contributed by atoms with Crippen LogP contribution in [0.25, 0.3) is 0 Å². The van der Waals surface area contributed by atoms with Gasteiger partial charge in [-0.1, -0.05) is 50.3 Å². The molecule has 226 valence electrons. The molecule has 6 nitrogen and oxygen atoms in total. The second kappa shape index (κ2) is 12.5. The van der Waals surface area contributed by atoms with E-state index in [1.54, 1.807) is 14.2 Å². The van der Waals surface area contributed by atoms with E-state index in [9.17, 15) is 4.79 Å². The Hall–Kier alpha value is -3.77. The number of benzene rings is 3. The molecule has 1 N–H and O–H groups in total. The van der Waals surface area contributed by atoms with Crippen molar-refractivity contribution in [3.05, 3.63) is 94.7 Å². The van der Waals surface area contributed by atoms with Gasteiger partial charge in [-0.05, 0) is 98.1 Å². The van der Waals surface area contributed by atoms with Crippen LogP contribution in [0, 0.1) is 17.3 Å². The third-order valence-corrected chi connectivity index (χ3v) is 9.49. The number of rotatable bonds is 10. The molecule has 1 unspecified atom stereocenters. The summed E-state index contributed by atoms with van der Waals surface area (Å²) < 4.78 is 17.5. The summed E-state index contributed by atoms with van der Waals surface area (Å²) in [4.78, 5) is 16.1. The molecule has 0 aromatic heterocycles. The molecule has 3 aliphatic rings. The highest BCUT2D eigenvalue weighted by atomic mass is 16.5. The predicted molar refractivity (Wildman–Crippen MR) is 171 cm³/mol. The Labute approximate surface area is 256 Å². The first kappa shape index (κ1) is 29.3. The number of Topliss-reactive ketones (excluding diaryl/α,β-unsaturated/α-hetero) is 1. The lowest BCUT2D eigenvalue weighted by atomic mass is 9.85. The van der Waals surface area contributed by atoms with Crippen molar-refractivity contribution in [3.63, 3.8) is 0 Å². The second-order valence-corrected chi connectivity index (χ2v) is 13.0. The van der Waals surface area contributed by atoms with E-state index in [1.807, 2.05) is 18.2 Å². The monoisotopic (exact) mass is 580 g/mol. The topological polar surface area (TPSA) is 60.0 Å². The summed E-state index contributed by atoms with van der Waals surface area (Å²) in [5.74, 6) is 3.10. The van der Waals surface area contributed by atoms with Gasteiger partial charge in [0.25, 0.3) is 0 Å². The number of hydrogen-bond acceptors (Lipinski definition) is 6. The lowest BCUT2D eigenvalue weighted by molar-refractivity contribution is 0.0895. The van der Waals surface area contributed by atoms with Crippen LogP contribution in [0.2, 0.25) is 0 Å². The maximum Gasteiger partial charge on any atom is 0.166 e. The molecular formula is C37H44N2O4. The van der Waals surface area contributed by atoms with Crippen LogP contribution in [0.4, 0.5) is 5.69 Å². The average molecular weight is 581 g/mol. The highest BCUT2D eigenvalue weighted by molar-refractivity contribution is 6.02. The van der Waals surface area contributed by atoms with Gasteiger partial charge in [0.2, 0.25) is 0 Å². The Morgan fingerprint density at radius 3 is 2.47 bits per heavy atom. The molecule has 0 saturated carbocycles. The Kier molecular flexibility index (Phi) is 8.49. The minimum absolute atomic E-state index is 0.0485. The van der Waals surface area contributed by atoms with E-state index >= 15 is 0 Å². The van der Waals surface area contributed by atoms with E-state index in [0.717, 1.165) is 80.0 Å². The number of ether oxygens (including phenoxy) is 3. The zero-order valence-corrected chi connectivity index (χ0v) is 25.9. The molecule has 0 spiro atoms. The van der Waals surface area contributed by atoms with Gasteiger partial charge in [0.1, 0.15) is 5.75 Å². The number of carbonyl (C=O) groups excluding carboxylic acids is 1. The predicted octanol–water partition coefficient (Wildman–Crippen LogP) is 7.32. The molecule has 3 aromatic carbocycles. The number of nitrogens with zero attached hydrogens (tertiary/aromatic N) is 1. The number of anilines is 1. The molecule has 1 atom stereocenters. The van der Waals surface area contributed by atoms with Crippen LogP contribution < -0.4 is 19.5 Å². The van der Waals surface area contributed by atoms with Crippen molar-refractivity contribution in [2.75, 3.05) is 39.2 Å². The molecule has 2 heterocycles. The fourth-order valence-corrected chi connectivity index (χ4v) is 6.84. The summed E-state index contributed by atoms with van der Waals surface area (Å²) in [6.45, 7) is 8.00. The largest absolute Gasteiger partial charge is 0.497 e. The Balaban J connectivity index is 1.06. The molecule has 0 bridgehead atoms. The van der Waals surface area contributed by atoms with E-state index in [1.165, 1.54) is 11.1 Å². The van der Waals surface area contributed by atoms with Crippen molar-refractivity contribution in [2.24, 2.45) is 17.3 Å². The van der Waals surface area contributed by atoms with Crippen LogP contribution in [0.15, 0.2) is 72.4 Å². The number of carbonyl (C=O) groups is 1. The molecule has 43 heavy (non-hydrogen) atoms. The third-order valence-electron chi connectivity index (χ3n) is 9.49. The van der Waals surface area contributed by atoms with E-state index in [-0.39, 0.29) is 17.1 Å². The second-order valence-electron chi connectivity index (χ2n) is 13.0. The maximum atomic E-state index is 13.6. The molecule has 6 heteroatoms. The molecular weight excluding hydrogens is 536 g/mol. The Bertz CT molecular complexity index is 1490. The van der Waals surface area contributed by atoms with Gasteiger partial charge in [0.15, 0.2) is 17.3 Å². The summed E-state index contributed by atoms with van der Waals surface area (Å²) in [7, 11) is 3.37. The summed E-state index contributed by atoms with van der Waals surface area (Å²) in [5.41, 5.74) is 6.42. The number of methoxy groups -OCH3 is 2. The fraction of sp³-hybridized carbons (Fsp3) is 0.432. The van der Waals surface area contributed by atoms with Gasteiger partial charge in [-0.15, -0.1) is 0 Å². The number of likely N-dealkylation sites (tertiary alicyclic amines) is 1. The zero-order chi connectivity index (χ0) is 30.0. The van der Waals surface area contributed by atoms with Crippen LogP contribution in [-0.4, -0.2) is 44.6 Å². The highest BCUT2D eigenvalue weighted by Gasteiger charge is 2.35. The standard InChI is InChI=1S/C37H44N2O4/c1-37(2,35-13-10-27-20-30(41-3)11-12-32(27)38-35)24-43-34-22-31-28(21-33(34)42-4)19-29(36(31)40)18-25-14-16-39(17-15-25)23-26-8-6-5-7-9-26/h5-9,11-13,20-22,25,29,38H,10,14-19,23-24H2,1-4H3. The van der Waals surface area contributed by atoms with Gasteiger partial charge in [0.05, 0.1) is 20.8 Å². The first-order valence-corrected chi connectivity index (χ1v) is 15.6. The number of hydrogen-bond donors (Lipinski definition) is 1. The number of allylic oxidation sites excluding steroid dienone is 1. The number of piperidine rings is 1. The molecule has 3 aromatic rings. The molecule has 6 rings (SSSR count). The van der Waals surface area contributed by atoms with E-state index in [4.69, 9.17) is 14.2 Å². The fourth-order valence-electron chi connectivity index (χ4n) is 6.84. The van der Waals surface area contributed by atoms with Crippen LogP contribution in [0.3, 0.4) is 0 Å². The van der Waals surface area contributed by atoms with Gasteiger partial charge in [-0.3, -0.25) is 9.69 Å². The third kappa shape index (κ3) is 6.45. The SMILES string of the molecule is COc1ccc2c(c1)CC=C(C(C)(C)COc1cc3c(cc1OC)CC(CC1CCN(Cc4ccccc4)CC1)C3=O)N2. The van der Waals surface area contributed by atoms with Crippen LogP contribution in [0.1, 0.15) is 60.2 Å². The zero-order valence-electron chi connectivity index (χ0n) is 25.9. The first-order valence-electron chi connectivity index (χ1n) is 15.6. The summed E-state index contributed by atoms with van der Waals surface area (Å²) >= 11 is 0. The number of ketones is 1. The maximum absolute atomic E-state index is 13.6. The quantitative estimate of drug-likeness (QED) is 0.271. The highest BCUT2D eigenvalue weighted by Crippen LogP contribution is 2.41. The van der Waals surface area contributed by atoms with Crippen LogP contribution in [0.5, 0.6) is 17.2 Å². The lowest BCUT2D eigenvalue weighted by Crippen LogP contribution is -2.34. The molecule has 1 fully saturated rings. The van der Waals surface area contributed by atoms with Gasteiger partial charge < -0.3 is 19.5 Å². The van der Waals surface area contributed by atoms with E-state index in [2.05, 4.69) is 72.6 Å². The van der Waals surface area contributed by atoms with Crippen LogP contribution in [-0.2, 0) is 19.4 Å². The van der Waals surface area contributed by atoms with Crippen LogP contribution >= 0.6 is 0 Å². The lowest BCUT2D eigenvalue weighted by Gasteiger charge is -2.33. The summed E-state index contributed by atoms with van der Waals surface area (Å²) in [5, 5.41) is 3.60. The summed E-state index contributed by atoms with van der Waals surface area (Å²) in [6, 6.07) is 20.8. The smallest absolute Gasteiger partial charge is 0.166 e. The van der Waals surface area contributed by atoms with E-state index < -0.39 is 0 Å². The molecule has 2 aliphatic heterocycles. The molecule has 0 radical (unpaired) electrons. The normalized spacial score (nSPS) is 18.8. The van der Waals surface area contributed by atoms with Crippen molar-refractivity contribution in [3.8, 4) is 17.2 Å². The number of nitrogens with one attached hydrogen (secondary N) is 1. The molecule has 1 aliphatic carbocycles. The first-order chi connectivity index (χ1) is 20.8. The van der Waals surface area contributed by atoms with Gasteiger partial charge in [-0.2, -0.15) is 0 Å². The van der Waals surface area contributed by atoms with Crippen molar-refractivity contribution in [1.82, 2.24) is 4.90 Å². The number of fused-ring (bicyclic) bond motifs is 2. The minimum Gasteiger partial charge on any atom is -0.497 e. The average Bonchev–Trinajstić information content (AvgIpc) is 3.33. The van der Waals surface area contributed by atoms with Crippen molar-refractivity contribution in [2.45, 2.75) is 52.5 Å². The van der Waals surface area contributed by atoms with Gasteiger partial charge >= 0.3 is 0 Å². The minimum atomic E-state index is -0.274. The molecule has 0 amide bonds. The van der Waals surface area contributed by atoms with Gasteiger partial charge in [0, 0.05) is 34.8 Å². The van der Waals surface area contributed by atoms with E-state index in [0.29, 0.717) is 24.0 Å². The summed E-state index contributed by atoms with van der Waals surface area (Å²) in [6.07, 6.45) is 7.13. The molecule has 1 saturated heterocycles. The van der Waals surface area contributed by atoms with Crippen molar-refractivity contribution in [1.29, 1.82) is 0 Å². The van der Waals surface area contributed by atoms with Gasteiger partial charge in [-0.25, -0.2) is 0 Å². The van der Waals surface area contributed by atoms with Crippen molar-refractivity contribution < 1.29 is 19.0 Å². The van der Waals surface area contributed by atoms with Crippen molar-refractivity contribution >= 4 is 11.5 Å². The Morgan fingerprint density at radius 2 is 1.72 bits per heavy atom.